The molecule has 0 aromatic rings. The second-order valence-electron chi connectivity index (χ2n) is 4.05. The Bertz CT molecular complexity index is 117. The molecular weight excluding hydrogens is 168 g/mol. The maximum absolute atomic E-state index is 9.57. The van der Waals surface area contributed by atoms with Crippen LogP contribution in [0.3, 0.4) is 0 Å². The summed E-state index contributed by atoms with van der Waals surface area (Å²) in [7, 11) is 0. The molecule has 1 unspecified atom stereocenters. The SMILES string of the molecule is CC(C)C(O)CSC1CCCC1. The summed E-state index contributed by atoms with van der Waals surface area (Å²) < 4.78 is 0. The highest BCUT2D eigenvalue weighted by molar-refractivity contribution is 7.99. The van der Waals surface area contributed by atoms with Gasteiger partial charge in [0.15, 0.2) is 0 Å². The van der Waals surface area contributed by atoms with Crippen LogP contribution in [0.15, 0.2) is 0 Å². The number of aliphatic hydroxyl groups is 1. The van der Waals surface area contributed by atoms with Gasteiger partial charge in [-0.2, -0.15) is 11.8 Å². The average molecular weight is 188 g/mol. The van der Waals surface area contributed by atoms with Gasteiger partial charge in [-0.1, -0.05) is 26.7 Å². The highest BCUT2D eigenvalue weighted by atomic mass is 32.2. The lowest BCUT2D eigenvalue weighted by molar-refractivity contribution is 0.149. The maximum Gasteiger partial charge on any atom is 0.0653 e. The van der Waals surface area contributed by atoms with E-state index in [1.165, 1.54) is 25.7 Å². The van der Waals surface area contributed by atoms with Crippen molar-refractivity contribution >= 4 is 11.8 Å². The van der Waals surface area contributed by atoms with Crippen LogP contribution in [0.4, 0.5) is 0 Å². The van der Waals surface area contributed by atoms with Gasteiger partial charge in [0.1, 0.15) is 0 Å². The van der Waals surface area contributed by atoms with Gasteiger partial charge in [0.05, 0.1) is 6.10 Å². The molecular formula is C10H20OS. The summed E-state index contributed by atoms with van der Waals surface area (Å²) in [5.41, 5.74) is 0. The zero-order valence-corrected chi connectivity index (χ0v) is 8.94. The van der Waals surface area contributed by atoms with Gasteiger partial charge in [0.25, 0.3) is 0 Å². The summed E-state index contributed by atoms with van der Waals surface area (Å²) in [5.74, 6) is 1.35. The first-order valence-corrected chi connectivity index (χ1v) is 6.04. The van der Waals surface area contributed by atoms with Gasteiger partial charge in [-0.25, -0.2) is 0 Å². The fourth-order valence-corrected chi connectivity index (χ4v) is 3.00. The van der Waals surface area contributed by atoms with Gasteiger partial charge in [-0.15, -0.1) is 0 Å². The number of rotatable bonds is 4. The van der Waals surface area contributed by atoms with Gasteiger partial charge < -0.3 is 5.11 Å². The van der Waals surface area contributed by atoms with Gasteiger partial charge in [0.2, 0.25) is 0 Å². The molecule has 2 heteroatoms. The third-order valence-corrected chi connectivity index (χ3v) is 4.05. The molecule has 1 saturated carbocycles. The van der Waals surface area contributed by atoms with Crippen molar-refractivity contribution in [3.8, 4) is 0 Å². The van der Waals surface area contributed by atoms with E-state index in [2.05, 4.69) is 13.8 Å². The zero-order valence-electron chi connectivity index (χ0n) is 8.12. The summed E-state index contributed by atoms with van der Waals surface area (Å²) in [5, 5.41) is 10.4. The minimum atomic E-state index is -0.101. The Labute approximate surface area is 79.9 Å². The molecule has 1 atom stereocenters. The van der Waals surface area contributed by atoms with E-state index in [9.17, 15) is 5.11 Å². The largest absolute Gasteiger partial charge is 0.392 e. The second kappa shape index (κ2) is 5.13. The van der Waals surface area contributed by atoms with Crippen molar-refractivity contribution in [3.05, 3.63) is 0 Å². The lowest BCUT2D eigenvalue weighted by Gasteiger charge is -2.16. The third kappa shape index (κ3) is 3.36. The van der Waals surface area contributed by atoms with E-state index in [-0.39, 0.29) is 6.10 Å². The number of aliphatic hydroxyl groups excluding tert-OH is 1. The molecule has 1 aliphatic carbocycles. The van der Waals surface area contributed by atoms with Crippen molar-refractivity contribution in [1.29, 1.82) is 0 Å². The molecule has 0 spiro atoms. The molecule has 0 aliphatic heterocycles. The molecule has 1 nitrogen and oxygen atoms in total. The van der Waals surface area contributed by atoms with Crippen LogP contribution in [0.1, 0.15) is 39.5 Å². The smallest absolute Gasteiger partial charge is 0.0653 e. The van der Waals surface area contributed by atoms with E-state index in [1.807, 2.05) is 11.8 Å². The first-order chi connectivity index (χ1) is 5.70. The van der Waals surface area contributed by atoms with Crippen LogP contribution in [0.5, 0.6) is 0 Å². The third-order valence-electron chi connectivity index (χ3n) is 2.57. The lowest BCUT2D eigenvalue weighted by atomic mass is 10.1. The number of hydrogen-bond donors (Lipinski definition) is 1. The van der Waals surface area contributed by atoms with Gasteiger partial charge in [-0.05, 0) is 18.8 Å². The predicted molar refractivity (Wildman–Crippen MR) is 55.6 cm³/mol. The van der Waals surface area contributed by atoms with Gasteiger partial charge in [-0.3, -0.25) is 0 Å². The van der Waals surface area contributed by atoms with Crippen molar-refractivity contribution in [2.45, 2.75) is 50.9 Å². The predicted octanol–water partition coefficient (Wildman–Crippen LogP) is 2.68. The molecule has 0 aromatic carbocycles. The normalized spacial score (nSPS) is 22.0. The molecule has 1 N–H and O–H groups in total. The van der Waals surface area contributed by atoms with Crippen LogP contribution in [0.25, 0.3) is 0 Å². The van der Waals surface area contributed by atoms with Crippen LogP contribution in [-0.2, 0) is 0 Å². The topological polar surface area (TPSA) is 20.2 Å². The Morgan fingerprint density at radius 1 is 1.33 bits per heavy atom. The van der Waals surface area contributed by atoms with Crippen LogP contribution >= 0.6 is 11.8 Å². The first kappa shape index (κ1) is 10.4. The summed E-state index contributed by atoms with van der Waals surface area (Å²) in [6.07, 6.45) is 5.44. The number of thioether (sulfide) groups is 1. The van der Waals surface area contributed by atoms with E-state index >= 15 is 0 Å². The Kier molecular flexibility index (Phi) is 4.44. The highest BCUT2D eigenvalue weighted by Gasteiger charge is 2.17. The summed E-state index contributed by atoms with van der Waals surface area (Å²) in [6, 6.07) is 0. The van der Waals surface area contributed by atoms with Crippen molar-refractivity contribution < 1.29 is 5.11 Å². The Hall–Kier alpha value is 0.310. The standard InChI is InChI=1S/C10H20OS/c1-8(2)10(11)7-12-9-5-3-4-6-9/h8-11H,3-7H2,1-2H3. The van der Waals surface area contributed by atoms with Crippen LogP contribution < -0.4 is 0 Å². The molecule has 1 aliphatic rings. The highest BCUT2D eigenvalue weighted by Crippen LogP contribution is 2.30. The van der Waals surface area contributed by atoms with Crippen molar-refractivity contribution in [1.82, 2.24) is 0 Å². The van der Waals surface area contributed by atoms with E-state index in [0.29, 0.717) is 5.92 Å². The van der Waals surface area contributed by atoms with Crippen molar-refractivity contribution in [3.63, 3.8) is 0 Å². The Morgan fingerprint density at radius 2 is 1.92 bits per heavy atom. The number of hydrogen-bond acceptors (Lipinski definition) is 2. The van der Waals surface area contributed by atoms with Gasteiger partial charge >= 0.3 is 0 Å². The molecule has 72 valence electrons. The second-order valence-corrected chi connectivity index (χ2v) is 5.38. The minimum absolute atomic E-state index is 0.101. The molecule has 1 fully saturated rings. The molecule has 0 aromatic heterocycles. The fourth-order valence-electron chi connectivity index (χ4n) is 1.48. The molecule has 1 rings (SSSR count). The summed E-state index contributed by atoms with van der Waals surface area (Å²) in [6.45, 7) is 4.17. The van der Waals surface area contributed by atoms with Crippen molar-refractivity contribution in [2.24, 2.45) is 5.92 Å². The lowest BCUT2D eigenvalue weighted by Crippen LogP contribution is -2.18. The molecule has 12 heavy (non-hydrogen) atoms. The van der Waals surface area contributed by atoms with E-state index < -0.39 is 0 Å². The Morgan fingerprint density at radius 3 is 2.42 bits per heavy atom. The van der Waals surface area contributed by atoms with E-state index in [0.717, 1.165) is 11.0 Å². The fraction of sp³-hybridized carbons (Fsp3) is 1.00. The maximum atomic E-state index is 9.57. The first-order valence-electron chi connectivity index (χ1n) is 5.00. The quantitative estimate of drug-likeness (QED) is 0.732. The van der Waals surface area contributed by atoms with E-state index in [4.69, 9.17) is 0 Å². The monoisotopic (exact) mass is 188 g/mol. The van der Waals surface area contributed by atoms with Crippen LogP contribution in [0, 0.1) is 5.92 Å². The van der Waals surface area contributed by atoms with E-state index in [1.54, 1.807) is 0 Å². The summed E-state index contributed by atoms with van der Waals surface area (Å²) in [4.78, 5) is 0. The summed E-state index contributed by atoms with van der Waals surface area (Å²) >= 11 is 1.97. The molecule has 0 radical (unpaired) electrons. The molecule has 0 amide bonds. The molecule has 0 saturated heterocycles. The zero-order chi connectivity index (χ0) is 8.97. The van der Waals surface area contributed by atoms with Crippen LogP contribution in [0.2, 0.25) is 0 Å². The minimum Gasteiger partial charge on any atom is -0.392 e. The molecule has 0 heterocycles. The van der Waals surface area contributed by atoms with Crippen LogP contribution in [-0.4, -0.2) is 22.2 Å². The average Bonchev–Trinajstić information content (AvgIpc) is 2.51. The molecule has 0 bridgehead atoms. The van der Waals surface area contributed by atoms with Gasteiger partial charge in [0, 0.05) is 11.0 Å². The van der Waals surface area contributed by atoms with Crippen molar-refractivity contribution in [2.75, 3.05) is 5.75 Å². The Balaban J connectivity index is 2.07.